The molecule has 3 heteroatoms. The van der Waals surface area contributed by atoms with Gasteiger partial charge in [-0.25, -0.2) is 0 Å². The summed E-state index contributed by atoms with van der Waals surface area (Å²) >= 11 is 0. The van der Waals surface area contributed by atoms with Crippen molar-refractivity contribution in [1.29, 1.82) is 0 Å². The Morgan fingerprint density at radius 1 is 0.923 bits per heavy atom. The van der Waals surface area contributed by atoms with Gasteiger partial charge in [0.05, 0.1) is 0 Å². The Labute approximate surface area is 84.5 Å². The van der Waals surface area contributed by atoms with E-state index in [1.165, 1.54) is 0 Å². The Balaban J connectivity index is 3.74. The molecule has 0 saturated heterocycles. The third-order valence-corrected chi connectivity index (χ3v) is 4.45. The molecule has 2 atom stereocenters. The van der Waals surface area contributed by atoms with Gasteiger partial charge in [0, 0.05) is 12.2 Å². The van der Waals surface area contributed by atoms with E-state index in [4.69, 9.17) is 8.85 Å². The molecule has 0 aromatic carbocycles. The van der Waals surface area contributed by atoms with Crippen molar-refractivity contribution in [2.24, 2.45) is 0 Å². The molecule has 0 radical (unpaired) electrons. The lowest BCUT2D eigenvalue weighted by Gasteiger charge is -2.22. The van der Waals surface area contributed by atoms with Gasteiger partial charge in [0.25, 0.3) is 0 Å². The van der Waals surface area contributed by atoms with Crippen LogP contribution in [0.5, 0.6) is 0 Å². The highest BCUT2D eigenvalue weighted by molar-refractivity contribution is 6.44. The summed E-state index contributed by atoms with van der Waals surface area (Å²) in [6, 6.07) is 1.06. The summed E-state index contributed by atoms with van der Waals surface area (Å²) in [6.07, 6.45) is 2.88. The SMILES string of the molecule is CCC(C)O[SiH](CC)OC(C)CC. The lowest BCUT2D eigenvalue weighted by Crippen LogP contribution is -2.30. The highest BCUT2D eigenvalue weighted by atomic mass is 28.3. The van der Waals surface area contributed by atoms with Crippen LogP contribution in [0, 0.1) is 0 Å². The van der Waals surface area contributed by atoms with Crippen molar-refractivity contribution in [2.45, 2.75) is 65.7 Å². The fraction of sp³-hybridized carbons (Fsp3) is 1.00. The maximum Gasteiger partial charge on any atom is 0.321 e. The molecule has 0 bridgehead atoms. The molecule has 0 saturated carbocycles. The normalized spacial score (nSPS) is 18.2. The summed E-state index contributed by atoms with van der Waals surface area (Å²) < 4.78 is 11.7. The summed E-state index contributed by atoms with van der Waals surface area (Å²) in [5.74, 6) is 0. The zero-order chi connectivity index (χ0) is 10.3. The van der Waals surface area contributed by atoms with Gasteiger partial charge in [-0.15, -0.1) is 0 Å². The molecule has 0 spiro atoms. The molecule has 0 aromatic rings. The Kier molecular flexibility index (Phi) is 7.61. The molecule has 0 aliphatic carbocycles. The van der Waals surface area contributed by atoms with Crippen LogP contribution in [0.2, 0.25) is 6.04 Å². The van der Waals surface area contributed by atoms with Crippen LogP contribution >= 0.6 is 0 Å². The van der Waals surface area contributed by atoms with Crippen LogP contribution in [-0.2, 0) is 8.85 Å². The Morgan fingerprint density at radius 2 is 1.31 bits per heavy atom. The van der Waals surface area contributed by atoms with E-state index in [0.717, 1.165) is 18.9 Å². The zero-order valence-corrected chi connectivity index (χ0v) is 10.8. The first-order valence-corrected chi connectivity index (χ1v) is 7.20. The van der Waals surface area contributed by atoms with E-state index in [0.29, 0.717) is 12.2 Å². The molecule has 0 heterocycles. The van der Waals surface area contributed by atoms with Crippen LogP contribution in [0.3, 0.4) is 0 Å². The van der Waals surface area contributed by atoms with Gasteiger partial charge in [0.15, 0.2) is 0 Å². The van der Waals surface area contributed by atoms with Gasteiger partial charge in [0.2, 0.25) is 0 Å². The summed E-state index contributed by atoms with van der Waals surface area (Å²) in [5.41, 5.74) is 0. The predicted octanol–water partition coefficient (Wildman–Crippen LogP) is 2.86. The lowest BCUT2D eigenvalue weighted by molar-refractivity contribution is 0.111. The molecule has 80 valence electrons. The minimum Gasteiger partial charge on any atom is -0.394 e. The number of rotatable bonds is 7. The van der Waals surface area contributed by atoms with E-state index in [2.05, 4.69) is 34.6 Å². The van der Waals surface area contributed by atoms with E-state index in [9.17, 15) is 0 Å². The van der Waals surface area contributed by atoms with E-state index in [-0.39, 0.29) is 0 Å². The summed E-state index contributed by atoms with van der Waals surface area (Å²) in [6.45, 7) is 10.7. The first-order valence-electron chi connectivity index (χ1n) is 5.44. The van der Waals surface area contributed by atoms with Gasteiger partial charge in [-0.1, -0.05) is 20.8 Å². The van der Waals surface area contributed by atoms with Gasteiger partial charge in [-0.3, -0.25) is 0 Å². The topological polar surface area (TPSA) is 18.5 Å². The molecule has 0 amide bonds. The second kappa shape index (κ2) is 7.53. The van der Waals surface area contributed by atoms with Gasteiger partial charge < -0.3 is 8.85 Å². The highest BCUT2D eigenvalue weighted by Gasteiger charge is 2.16. The molecule has 2 unspecified atom stereocenters. The molecule has 0 rings (SSSR count). The smallest absolute Gasteiger partial charge is 0.321 e. The maximum atomic E-state index is 5.84. The number of hydrogen-bond acceptors (Lipinski definition) is 2. The second-order valence-electron chi connectivity index (χ2n) is 3.55. The second-order valence-corrected chi connectivity index (χ2v) is 5.77. The average Bonchev–Trinajstić information content (AvgIpc) is 2.16. The summed E-state index contributed by atoms with van der Waals surface area (Å²) in [4.78, 5) is 0. The van der Waals surface area contributed by atoms with Gasteiger partial charge >= 0.3 is 9.28 Å². The average molecular weight is 204 g/mol. The van der Waals surface area contributed by atoms with E-state index >= 15 is 0 Å². The first kappa shape index (κ1) is 13.1. The molecule has 0 N–H and O–H groups in total. The quantitative estimate of drug-likeness (QED) is 0.594. The molecule has 0 aromatic heterocycles. The van der Waals surface area contributed by atoms with Crippen molar-refractivity contribution < 1.29 is 8.85 Å². The molecular formula is C10H24O2Si. The van der Waals surface area contributed by atoms with Crippen LogP contribution in [0.15, 0.2) is 0 Å². The van der Waals surface area contributed by atoms with Crippen molar-refractivity contribution >= 4 is 9.28 Å². The molecular weight excluding hydrogens is 180 g/mol. The molecule has 0 aliphatic rings. The molecule has 13 heavy (non-hydrogen) atoms. The van der Waals surface area contributed by atoms with Crippen molar-refractivity contribution in [3.63, 3.8) is 0 Å². The Hall–Kier alpha value is 0.137. The van der Waals surface area contributed by atoms with Crippen LogP contribution in [-0.4, -0.2) is 21.5 Å². The van der Waals surface area contributed by atoms with Crippen molar-refractivity contribution in [3.05, 3.63) is 0 Å². The molecule has 0 aliphatic heterocycles. The van der Waals surface area contributed by atoms with Crippen molar-refractivity contribution in [2.75, 3.05) is 0 Å². The van der Waals surface area contributed by atoms with Crippen LogP contribution in [0.4, 0.5) is 0 Å². The lowest BCUT2D eigenvalue weighted by atomic mass is 10.3. The monoisotopic (exact) mass is 204 g/mol. The summed E-state index contributed by atoms with van der Waals surface area (Å²) in [5, 5.41) is 0. The minimum atomic E-state index is -1.36. The van der Waals surface area contributed by atoms with Crippen molar-refractivity contribution in [3.8, 4) is 0 Å². The standard InChI is InChI=1S/C10H24O2Si/c1-6-9(4)11-13(8-3)12-10(5)7-2/h9-10,13H,6-8H2,1-5H3. The van der Waals surface area contributed by atoms with Crippen LogP contribution in [0.1, 0.15) is 47.5 Å². The third kappa shape index (κ3) is 6.24. The maximum absolute atomic E-state index is 5.84. The van der Waals surface area contributed by atoms with Crippen LogP contribution in [0.25, 0.3) is 0 Å². The van der Waals surface area contributed by atoms with E-state index in [1.54, 1.807) is 0 Å². The highest BCUT2D eigenvalue weighted by Crippen LogP contribution is 2.08. The first-order chi connectivity index (χ1) is 6.13. The predicted molar refractivity (Wildman–Crippen MR) is 59.3 cm³/mol. The van der Waals surface area contributed by atoms with Gasteiger partial charge in [-0.2, -0.15) is 0 Å². The fourth-order valence-electron chi connectivity index (χ4n) is 0.935. The minimum absolute atomic E-state index is 0.362. The number of hydrogen-bond donors (Lipinski definition) is 0. The Bertz CT molecular complexity index is 107. The largest absolute Gasteiger partial charge is 0.394 e. The molecule has 0 fully saturated rings. The third-order valence-electron chi connectivity index (χ3n) is 2.25. The van der Waals surface area contributed by atoms with E-state index in [1.807, 2.05) is 0 Å². The van der Waals surface area contributed by atoms with Gasteiger partial charge in [0.1, 0.15) is 0 Å². The molecule has 2 nitrogen and oxygen atoms in total. The Morgan fingerprint density at radius 3 is 1.54 bits per heavy atom. The summed E-state index contributed by atoms with van der Waals surface area (Å²) in [7, 11) is -1.36. The zero-order valence-electron chi connectivity index (χ0n) is 9.67. The fourth-order valence-corrected chi connectivity index (χ4v) is 2.81. The van der Waals surface area contributed by atoms with Gasteiger partial charge in [-0.05, 0) is 32.7 Å². The van der Waals surface area contributed by atoms with E-state index < -0.39 is 9.28 Å². The van der Waals surface area contributed by atoms with Crippen molar-refractivity contribution in [1.82, 2.24) is 0 Å². The van der Waals surface area contributed by atoms with Crippen LogP contribution < -0.4 is 0 Å².